The highest BCUT2D eigenvalue weighted by atomic mass is 15.0. The second kappa shape index (κ2) is 10.9. The zero-order valence-electron chi connectivity index (χ0n) is 25.8. The molecule has 9 aromatic rings. The Bertz CT molecular complexity index is 2710. The maximum atomic E-state index is 10.9. The van der Waals surface area contributed by atoms with Crippen LogP contribution in [0.1, 0.15) is 11.1 Å². The standard InChI is InChI=1S/C44H26N4/c45-27-29-24-25-31(30-17-11-23-44(38(30)28-46)48-41-20-8-3-14-34(41)35-15-4-9-21-42(35)48)37(26-29)36-16-5-10-22-43(36)47-39-18-6-1-12-32(39)33-13-2-7-19-40(33)47/h1-26H. The summed E-state index contributed by atoms with van der Waals surface area (Å²) in [7, 11) is 0. The number of aromatic nitrogens is 2. The molecule has 0 bridgehead atoms. The van der Waals surface area contributed by atoms with Gasteiger partial charge in [0.25, 0.3) is 0 Å². The van der Waals surface area contributed by atoms with Gasteiger partial charge in [0, 0.05) is 32.7 Å². The number of rotatable bonds is 4. The number of hydrogen-bond acceptors (Lipinski definition) is 2. The highest BCUT2D eigenvalue weighted by molar-refractivity contribution is 6.11. The molecule has 48 heavy (non-hydrogen) atoms. The number of nitrogens with zero attached hydrogens (tertiary/aromatic N) is 4. The summed E-state index contributed by atoms with van der Waals surface area (Å²) in [6.45, 7) is 0. The van der Waals surface area contributed by atoms with E-state index < -0.39 is 0 Å². The smallest absolute Gasteiger partial charge is 0.102 e. The molecule has 0 amide bonds. The molecule has 9 rings (SSSR count). The lowest BCUT2D eigenvalue weighted by atomic mass is 9.89. The molecule has 7 aromatic carbocycles. The predicted molar refractivity (Wildman–Crippen MR) is 195 cm³/mol. The van der Waals surface area contributed by atoms with Gasteiger partial charge >= 0.3 is 0 Å². The lowest BCUT2D eigenvalue weighted by Gasteiger charge is -2.19. The summed E-state index contributed by atoms with van der Waals surface area (Å²) in [5.41, 5.74) is 10.8. The van der Waals surface area contributed by atoms with Crippen LogP contribution in [0.15, 0.2) is 158 Å². The molecule has 4 heteroatoms. The van der Waals surface area contributed by atoms with Crippen molar-refractivity contribution in [2.45, 2.75) is 0 Å². The Kier molecular flexibility index (Phi) is 6.22. The van der Waals surface area contributed by atoms with E-state index in [4.69, 9.17) is 0 Å². The SMILES string of the molecule is N#Cc1ccc(-c2cccc(-n3c4ccccc4c4ccccc43)c2C#N)c(-c2ccccc2-n2c3ccccc3c3ccccc32)c1. The van der Waals surface area contributed by atoms with Gasteiger partial charge in [0.15, 0.2) is 0 Å². The normalized spacial score (nSPS) is 11.3. The number of nitriles is 2. The molecule has 0 aliphatic rings. The first-order chi connectivity index (χ1) is 23.8. The van der Waals surface area contributed by atoms with Crippen molar-refractivity contribution in [1.29, 1.82) is 10.5 Å². The van der Waals surface area contributed by atoms with E-state index in [1.54, 1.807) is 0 Å². The number of para-hydroxylation sites is 5. The highest BCUT2D eigenvalue weighted by Crippen LogP contribution is 2.42. The molecular weight excluding hydrogens is 585 g/mol. The van der Waals surface area contributed by atoms with Crippen LogP contribution in [-0.2, 0) is 0 Å². The predicted octanol–water partition coefficient (Wildman–Crippen LogP) is 11.0. The summed E-state index contributed by atoms with van der Waals surface area (Å²) >= 11 is 0. The quantitative estimate of drug-likeness (QED) is 0.199. The zero-order chi connectivity index (χ0) is 32.2. The third-order valence-electron chi connectivity index (χ3n) is 9.43. The number of benzene rings is 7. The van der Waals surface area contributed by atoms with Crippen LogP contribution in [-0.4, -0.2) is 9.13 Å². The monoisotopic (exact) mass is 610 g/mol. The third kappa shape index (κ3) is 4.01. The Morgan fingerprint density at radius 1 is 0.354 bits per heavy atom. The minimum Gasteiger partial charge on any atom is -0.309 e. The molecule has 0 saturated carbocycles. The first kappa shape index (κ1) is 27.4. The molecule has 0 saturated heterocycles. The van der Waals surface area contributed by atoms with Crippen LogP contribution in [0.5, 0.6) is 0 Å². The van der Waals surface area contributed by atoms with Gasteiger partial charge in [0.05, 0.1) is 50.6 Å². The van der Waals surface area contributed by atoms with Gasteiger partial charge in [-0.25, -0.2) is 0 Å². The maximum Gasteiger partial charge on any atom is 0.102 e. The molecule has 0 aliphatic heterocycles. The number of fused-ring (bicyclic) bond motifs is 6. The summed E-state index contributed by atoms with van der Waals surface area (Å²) in [4.78, 5) is 0. The van der Waals surface area contributed by atoms with Gasteiger partial charge in [-0.2, -0.15) is 10.5 Å². The van der Waals surface area contributed by atoms with Crippen LogP contribution in [0, 0.1) is 22.7 Å². The minimum absolute atomic E-state index is 0.558. The van der Waals surface area contributed by atoms with E-state index in [9.17, 15) is 10.5 Å². The summed E-state index contributed by atoms with van der Waals surface area (Å²) in [5, 5.41) is 25.6. The van der Waals surface area contributed by atoms with Gasteiger partial charge < -0.3 is 9.13 Å². The van der Waals surface area contributed by atoms with E-state index in [-0.39, 0.29) is 0 Å². The molecule has 0 aliphatic carbocycles. The fourth-order valence-corrected chi connectivity index (χ4v) is 7.40. The Hall–Kier alpha value is -6.88. The first-order valence-corrected chi connectivity index (χ1v) is 15.9. The average Bonchev–Trinajstić information content (AvgIpc) is 3.67. The third-order valence-corrected chi connectivity index (χ3v) is 9.43. The molecule has 222 valence electrons. The van der Waals surface area contributed by atoms with E-state index in [1.165, 1.54) is 10.8 Å². The molecule has 4 nitrogen and oxygen atoms in total. The van der Waals surface area contributed by atoms with Gasteiger partial charge in [0.1, 0.15) is 6.07 Å². The molecule has 0 radical (unpaired) electrons. The largest absolute Gasteiger partial charge is 0.309 e. The Morgan fingerprint density at radius 3 is 1.35 bits per heavy atom. The fourth-order valence-electron chi connectivity index (χ4n) is 7.40. The average molecular weight is 611 g/mol. The van der Waals surface area contributed by atoms with Crippen LogP contribution < -0.4 is 0 Å². The minimum atomic E-state index is 0.558. The van der Waals surface area contributed by atoms with E-state index in [0.29, 0.717) is 11.1 Å². The molecule has 0 spiro atoms. The van der Waals surface area contributed by atoms with Gasteiger partial charge in [0.2, 0.25) is 0 Å². The van der Waals surface area contributed by atoms with Gasteiger partial charge in [-0.3, -0.25) is 0 Å². The molecule has 0 atom stereocenters. The van der Waals surface area contributed by atoms with Crippen molar-refractivity contribution in [3.05, 3.63) is 169 Å². The summed E-state index contributed by atoms with van der Waals surface area (Å²) < 4.78 is 4.50. The van der Waals surface area contributed by atoms with Crippen LogP contribution in [0.3, 0.4) is 0 Å². The van der Waals surface area contributed by atoms with Crippen LogP contribution in [0.25, 0.3) is 77.2 Å². The van der Waals surface area contributed by atoms with Crippen molar-refractivity contribution in [1.82, 2.24) is 9.13 Å². The number of hydrogen-bond donors (Lipinski definition) is 0. The van der Waals surface area contributed by atoms with Crippen LogP contribution >= 0.6 is 0 Å². The van der Waals surface area contributed by atoms with Crippen LogP contribution in [0.2, 0.25) is 0 Å². The van der Waals surface area contributed by atoms with Crippen molar-refractivity contribution in [3.63, 3.8) is 0 Å². The maximum absolute atomic E-state index is 10.9. The Labute approximate surface area is 277 Å². The van der Waals surface area contributed by atoms with Crippen molar-refractivity contribution in [2.75, 3.05) is 0 Å². The second-order valence-electron chi connectivity index (χ2n) is 11.9. The molecule has 0 unspecified atom stereocenters. The second-order valence-corrected chi connectivity index (χ2v) is 11.9. The zero-order valence-corrected chi connectivity index (χ0v) is 25.8. The lowest BCUT2D eigenvalue weighted by molar-refractivity contribution is 1.17. The Balaban J connectivity index is 1.33. The van der Waals surface area contributed by atoms with Gasteiger partial charge in [-0.05, 0) is 59.7 Å². The first-order valence-electron chi connectivity index (χ1n) is 15.9. The molecular formula is C44H26N4. The summed E-state index contributed by atoms with van der Waals surface area (Å²) in [5.74, 6) is 0. The molecule has 2 aromatic heterocycles. The van der Waals surface area contributed by atoms with Gasteiger partial charge in [-0.1, -0.05) is 109 Å². The van der Waals surface area contributed by atoms with Crippen molar-refractivity contribution >= 4 is 43.6 Å². The molecule has 0 N–H and O–H groups in total. The topological polar surface area (TPSA) is 57.4 Å². The van der Waals surface area contributed by atoms with E-state index in [0.717, 1.165) is 66.5 Å². The summed E-state index contributed by atoms with van der Waals surface area (Å²) in [6, 6.07) is 58.7. The Morgan fingerprint density at radius 2 is 0.812 bits per heavy atom. The van der Waals surface area contributed by atoms with E-state index >= 15 is 0 Å². The molecule has 2 heterocycles. The fraction of sp³-hybridized carbons (Fsp3) is 0. The van der Waals surface area contributed by atoms with Crippen molar-refractivity contribution < 1.29 is 0 Å². The van der Waals surface area contributed by atoms with E-state index in [1.807, 2.05) is 54.6 Å². The van der Waals surface area contributed by atoms with Crippen molar-refractivity contribution in [2.24, 2.45) is 0 Å². The van der Waals surface area contributed by atoms with Gasteiger partial charge in [-0.15, -0.1) is 0 Å². The van der Waals surface area contributed by atoms with E-state index in [2.05, 4.69) is 124 Å². The summed E-state index contributed by atoms with van der Waals surface area (Å²) in [6.07, 6.45) is 0. The molecule has 0 fully saturated rings. The van der Waals surface area contributed by atoms with Crippen molar-refractivity contribution in [3.8, 4) is 45.8 Å². The lowest BCUT2D eigenvalue weighted by Crippen LogP contribution is -2.01. The highest BCUT2D eigenvalue weighted by Gasteiger charge is 2.21. The van der Waals surface area contributed by atoms with Crippen LogP contribution in [0.4, 0.5) is 0 Å².